The first-order chi connectivity index (χ1) is 12.8. The fraction of sp³-hybridized carbons (Fsp3) is 0.100. The van der Waals surface area contributed by atoms with E-state index >= 15 is 0 Å². The van der Waals surface area contributed by atoms with Gasteiger partial charge in [-0.2, -0.15) is 8.78 Å². The molecule has 0 radical (unpaired) electrons. The number of halogens is 5. The van der Waals surface area contributed by atoms with Crippen LogP contribution in [0.1, 0.15) is 5.56 Å². The molecule has 140 valence electrons. The Bertz CT molecular complexity index is 1000. The number of alkyl halides is 2. The van der Waals surface area contributed by atoms with E-state index in [-0.39, 0.29) is 28.9 Å². The van der Waals surface area contributed by atoms with Gasteiger partial charge in [0.25, 0.3) is 0 Å². The molecule has 2 nitrogen and oxygen atoms in total. The molecule has 0 aliphatic carbocycles. The molecule has 3 rings (SSSR count). The summed E-state index contributed by atoms with van der Waals surface area (Å²) in [7, 11) is 0. The average Bonchev–Trinajstić information content (AvgIpc) is 2.62. The van der Waals surface area contributed by atoms with E-state index in [0.717, 1.165) is 36.4 Å². The highest BCUT2D eigenvalue weighted by Crippen LogP contribution is 2.35. The van der Waals surface area contributed by atoms with E-state index in [2.05, 4.69) is 11.3 Å². The molecular weight excluding hydrogens is 367 g/mol. The van der Waals surface area contributed by atoms with Gasteiger partial charge in [0.1, 0.15) is 29.5 Å². The van der Waals surface area contributed by atoms with Gasteiger partial charge in [0.05, 0.1) is 0 Å². The van der Waals surface area contributed by atoms with Crippen LogP contribution in [0, 0.1) is 17.5 Å². The number of benzene rings is 3. The van der Waals surface area contributed by atoms with Crippen LogP contribution in [0.25, 0.3) is 10.8 Å². The third-order valence-corrected chi connectivity index (χ3v) is 3.75. The Balaban J connectivity index is 1.88. The molecule has 27 heavy (non-hydrogen) atoms. The van der Waals surface area contributed by atoms with Crippen LogP contribution in [0.4, 0.5) is 22.0 Å². The van der Waals surface area contributed by atoms with Gasteiger partial charge in [0, 0.05) is 11.5 Å². The van der Waals surface area contributed by atoms with Gasteiger partial charge in [-0.05, 0) is 41.8 Å². The predicted octanol–water partition coefficient (Wildman–Crippen LogP) is 5.95. The highest BCUT2D eigenvalue weighted by molar-refractivity contribution is 5.84. The number of hydrogen-bond acceptors (Lipinski definition) is 2. The minimum atomic E-state index is -3.99. The molecule has 0 spiro atoms. The standard InChI is InChI=1S/C20H13F5O2/c1-2-9-26-13-5-7-16(18(22)11-13)20(24,25)27-14-4-6-15-12(10-14)3-8-17(21)19(15)23/h2-8,10-11H,1,9H2. The van der Waals surface area contributed by atoms with Crippen molar-refractivity contribution in [3.63, 3.8) is 0 Å². The maximum Gasteiger partial charge on any atom is 0.429 e. The zero-order chi connectivity index (χ0) is 19.6. The quantitative estimate of drug-likeness (QED) is 0.389. The Kier molecular flexibility index (Phi) is 5.03. The lowest BCUT2D eigenvalue weighted by molar-refractivity contribution is -0.187. The number of fused-ring (bicyclic) bond motifs is 1. The van der Waals surface area contributed by atoms with Gasteiger partial charge in [-0.15, -0.1) is 0 Å². The molecule has 0 amide bonds. The first-order valence-corrected chi connectivity index (χ1v) is 7.80. The summed E-state index contributed by atoms with van der Waals surface area (Å²) in [5, 5.41) is 0.0800. The Morgan fingerprint density at radius 1 is 0.889 bits per heavy atom. The lowest BCUT2D eigenvalue weighted by Gasteiger charge is -2.19. The van der Waals surface area contributed by atoms with E-state index in [1.165, 1.54) is 18.2 Å². The lowest BCUT2D eigenvalue weighted by Crippen LogP contribution is -2.23. The second-order valence-electron chi connectivity index (χ2n) is 5.60. The minimum absolute atomic E-state index is 0.0650. The summed E-state index contributed by atoms with van der Waals surface area (Å²) in [5.41, 5.74) is -0.987. The van der Waals surface area contributed by atoms with Crippen LogP contribution in [0.15, 0.2) is 61.2 Å². The average molecular weight is 380 g/mol. The molecule has 3 aromatic rings. The third kappa shape index (κ3) is 3.86. The predicted molar refractivity (Wildman–Crippen MR) is 90.5 cm³/mol. The van der Waals surface area contributed by atoms with Crippen molar-refractivity contribution in [1.29, 1.82) is 0 Å². The van der Waals surface area contributed by atoms with E-state index in [1.807, 2.05) is 0 Å². The zero-order valence-electron chi connectivity index (χ0n) is 13.8. The van der Waals surface area contributed by atoms with Crippen molar-refractivity contribution in [2.24, 2.45) is 0 Å². The van der Waals surface area contributed by atoms with E-state index in [0.29, 0.717) is 0 Å². The van der Waals surface area contributed by atoms with Gasteiger partial charge < -0.3 is 9.47 Å². The Morgan fingerprint density at radius 2 is 1.63 bits per heavy atom. The van der Waals surface area contributed by atoms with Crippen molar-refractivity contribution in [3.05, 3.63) is 84.2 Å². The van der Waals surface area contributed by atoms with Gasteiger partial charge in [-0.3, -0.25) is 0 Å². The fourth-order valence-corrected chi connectivity index (χ4v) is 2.49. The first-order valence-electron chi connectivity index (χ1n) is 7.80. The molecule has 0 aliphatic heterocycles. The SMILES string of the molecule is C=CCOc1ccc(C(F)(F)Oc2ccc3c(F)c(F)ccc3c2)c(F)c1. The van der Waals surface area contributed by atoms with E-state index in [4.69, 9.17) is 4.74 Å². The van der Waals surface area contributed by atoms with Gasteiger partial charge in [-0.25, -0.2) is 13.2 Å². The molecule has 0 bridgehead atoms. The molecule has 0 fully saturated rings. The maximum absolute atomic E-state index is 14.4. The summed E-state index contributed by atoms with van der Waals surface area (Å²) in [5.74, 6) is -3.62. The van der Waals surface area contributed by atoms with Crippen LogP contribution >= 0.6 is 0 Å². The van der Waals surface area contributed by atoms with Crippen molar-refractivity contribution in [2.45, 2.75) is 6.11 Å². The van der Waals surface area contributed by atoms with Crippen LogP contribution in [-0.2, 0) is 6.11 Å². The molecule has 0 aromatic heterocycles. The van der Waals surface area contributed by atoms with E-state index in [1.54, 1.807) is 0 Å². The molecule has 0 aliphatic rings. The van der Waals surface area contributed by atoms with Crippen molar-refractivity contribution in [1.82, 2.24) is 0 Å². The van der Waals surface area contributed by atoms with Crippen LogP contribution in [0.3, 0.4) is 0 Å². The van der Waals surface area contributed by atoms with Crippen LogP contribution in [0.2, 0.25) is 0 Å². The smallest absolute Gasteiger partial charge is 0.429 e. The van der Waals surface area contributed by atoms with Gasteiger partial charge in [-0.1, -0.05) is 18.7 Å². The molecule has 7 heteroatoms. The summed E-state index contributed by atoms with van der Waals surface area (Å²) in [6.45, 7) is 3.53. The summed E-state index contributed by atoms with van der Waals surface area (Å²) in [6.07, 6.45) is -2.56. The second-order valence-corrected chi connectivity index (χ2v) is 5.60. The minimum Gasteiger partial charge on any atom is -0.489 e. The first kappa shape index (κ1) is 18.7. The fourth-order valence-electron chi connectivity index (χ4n) is 2.49. The van der Waals surface area contributed by atoms with Gasteiger partial charge in [0.2, 0.25) is 0 Å². The normalized spacial score (nSPS) is 11.4. The third-order valence-electron chi connectivity index (χ3n) is 3.75. The molecule has 0 N–H and O–H groups in total. The molecule has 3 aromatic carbocycles. The largest absolute Gasteiger partial charge is 0.489 e. The molecule has 0 unspecified atom stereocenters. The van der Waals surface area contributed by atoms with Crippen LogP contribution < -0.4 is 9.47 Å². The highest BCUT2D eigenvalue weighted by Gasteiger charge is 2.38. The van der Waals surface area contributed by atoms with Gasteiger partial charge in [0.15, 0.2) is 11.6 Å². The van der Waals surface area contributed by atoms with Crippen molar-refractivity contribution < 1.29 is 31.4 Å². The molecule has 0 atom stereocenters. The van der Waals surface area contributed by atoms with Crippen molar-refractivity contribution in [2.75, 3.05) is 6.61 Å². The molecule has 0 saturated carbocycles. The number of hydrogen-bond donors (Lipinski definition) is 0. The van der Waals surface area contributed by atoms with Crippen LogP contribution in [0.5, 0.6) is 11.5 Å². The topological polar surface area (TPSA) is 18.5 Å². The molecule has 0 heterocycles. The lowest BCUT2D eigenvalue weighted by atomic mass is 10.1. The second kappa shape index (κ2) is 7.26. The van der Waals surface area contributed by atoms with E-state index < -0.39 is 29.1 Å². The summed E-state index contributed by atoms with van der Waals surface area (Å²) >= 11 is 0. The Morgan fingerprint density at radius 3 is 2.33 bits per heavy atom. The molecule has 0 saturated heterocycles. The molecular formula is C20H13F5O2. The monoisotopic (exact) mass is 380 g/mol. The highest BCUT2D eigenvalue weighted by atomic mass is 19.3. The zero-order valence-corrected chi connectivity index (χ0v) is 13.8. The van der Waals surface area contributed by atoms with Crippen molar-refractivity contribution in [3.8, 4) is 11.5 Å². The summed E-state index contributed by atoms with van der Waals surface area (Å²) < 4.78 is 79.4. The summed E-state index contributed by atoms with van der Waals surface area (Å²) in [6, 6.07) is 8.23. The Hall–Kier alpha value is -3.09. The Labute approximate surface area is 151 Å². The summed E-state index contributed by atoms with van der Waals surface area (Å²) in [4.78, 5) is 0. The number of rotatable bonds is 6. The van der Waals surface area contributed by atoms with Crippen molar-refractivity contribution >= 4 is 10.8 Å². The van der Waals surface area contributed by atoms with Crippen LogP contribution in [-0.4, -0.2) is 6.61 Å². The van der Waals surface area contributed by atoms with Gasteiger partial charge >= 0.3 is 6.11 Å². The van der Waals surface area contributed by atoms with E-state index in [9.17, 15) is 22.0 Å². The number of ether oxygens (including phenoxy) is 2. The maximum atomic E-state index is 14.4.